The summed E-state index contributed by atoms with van der Waals surface area (Å²) in [6.07, 6.45) is 4.36. The third-order valence-electron chi connectivity index (χ3n) is 0.969. The van der Waals surface area contributed by atoms with Gasteiger partial charge in [-0.2, -0.15) is 5.10 Å². The lowest BCUT2D eigenvalue weighted by molar-refractivity contribution is 0.942. The Balaban J connectivity index is 2.50. The normalized spacial score (nSPS) is 9.62. The largest absolute Gasteiger partial charge is 0.285 e. The van der Waals surface area contributed by atoms with E-state index in [0.717, 1.165) is 12.0 Å². The van der Waals surface area contributed by atoms with Crippen LogP contribution < -0.4 is 5.73 Å². The Bertz CT molecular complexity index is 133. The van der Waals surface area contributed by atoms with Crippen molar-refractivity contribution >= 4 is 0 Å². The van der Waals surface area contributed by atoms with E-state index in [9.17, 15) is 0 Å². The van der Waals surface area contributed by atoms with Crippen LogP contribution in [0.2, 0.25) is 0 Å². The van der Waals surface area contributed by atoms with Crippen LogP contribution >= 0.6 is 0 Å². The van der Waals surface area contributed by atoms with E-state index in [1.165, 1.54) is 0 Å². The van der Waals surface area contributed by atoms with Crippen LogP contribution in [0.3, 0.4) is 0 Å². The molecule has 0 aromatic carbocycles. The summed E-state index contributed by atoms with van der Waals surface area (Å²) in [5, 5.41) is 6.41. The molecule has 0 aliphatic carbocycles. The molecule has 2 N–H and O–H groups in total. The van der Waals surface area contributed by atoms with Crippen molar-refractivity contribution in [2.75, 3.05) is 6.54 Å². The maximum Gasteiger partial charge on any atom is 0.0519 e. The predicted octanol–water partition coefficient (Wildman–Crippen LogP) is 0.235. The number of aromatic nitrogens is 2. The molecule has 0 saturated carbocycles. The van der Waals surface area contributed by atoms with Gasteiger partial charge in [0.25, 0.3) is 0 Å². The Morgan fingerprint density at radius 2 is 2.62 bits per heavy atom. The number of H-pyrrole nitrogens is 1. The minimum atomic E-state index is 0.444. The zero-order valence-corrected chi connectivity index (χ0v) is 4.52. The first-order chi connectivity index (χ1) is 3.93. The molecule has 0 amide bonds. The lowest BCUT2D eigenvalue weighted by Gasteiger charge is -1.84. The summed E-state index contributed by atoms with van der Waals surface area (Å²) in [6, 6.07) is 0. The Labute approximate surface area is 47.9 Å². The van der Waals surface area contributed by atoms with Crippen LogP contribution in [0.1, 0.15) is 5.56 Å². The second-order valence-electron chi connectivity index (χ2n) is 1.61. The van der Waals surface area contributed by atoms with Gasteiger partial charge in [0.05, 0.1) is 6.20 Å². The molecule has 1 aromatic heterocycles. The number of hydrogen-bond acceptors (Lipinski definition) is 1. The standard InChI is InChI=1S/C5H8N3/c6-2-1-5-3-7-8-4-5/h3-4,6H,1-2H2,(H,7,8). The van der Waals surface area contributed by atoms with Crippen molar-refractivity contribution in [3.05, 3.63) is 18.0 Å². The average molecular weight is 110 g/mol. The molecule has 3 nitrogen and oxygen atoms in total. The first kappa shape index (κ1) is 5.31. The highest BCUT2D eigenvalue weighted by molar-refractivity contribution is 5.02. The van der Waals surface area contributed by atoms with Crippen LogP contribution in [0.4, 0.5) is 0 Å². The topological polar surface area (TPSA) is 52.5 Å². The maximum atomic E-state index is 6.84. The molecule has 0 unspecified atom stereocenters. The third-order valence-corrected chi connectivity index (χ3v) is 0.969. The molecule has 3 heteroatoms. The SMILES string of the molecule is [NH]CCc1cn[nH]c1. The van der Waals surface area contributed by atoms with Crippen LogP contribution in [0.5, 0.6) is 0 Å². The maximum absolute atomic E-state index is 6.84. The number of nitrogens with zero attached hydrogens (tertiary/aromatic N) is 1. The fourth-order valence-corrected chi connectivity index (χ4v) is 0.559. The van der Waals surface area contributed by atoms with Crippen molar-refractivity contribution in [3.8, 4) is 0 Å². The molecule has 0 aliphatic heterocycles. The average Bonchev–Trinajstić information content (AvgIpc) is 2.19. The zero-order chi connectivity index (χ0) is 5.82. The van der Waals surface area contributed by atoms with Crippen molar-refractivity contribution in [1.82, 2.24) is 15.9 Å². The molecule has 0 spiro atoms. The monoisotopic (exact) mass is 110 g/mol. The van der Waals surface area contributed by atoms with Crippen molar-refractivity contribution in [3.63, 3.8) is 0 Å². The van der Waals surface area contributed by atoms with E-state index < -0.39 is 0 Å². The quantitative estimate of drug-likeness (QED) is 0.582. The van der Waals surface area contributed by atoms with E-state index in [4.69, 9.17) is 5.73 Å². The van der Waals surface area contributed by atoms with Crippen molar-refractivity contribution in [1.29, 1.82) is 0 Å². The van der Waals surface area contributed by atoms with Crippen LogP contribution in [0.15, 0.2) is 12.4 Å². The van der Waals surface area contributed by atoms with E-state index in [-0.39, 0.29) is 0 Å². The predicted molar refractivity (Wildman–Crippen MR) is 30.3 cm³/mol. The molecule has 0 bridgehead atoms. The van der Waals surface area contributed by atoms with Gasteiger partial charge in [-0.1, -0.05) is 0 Å². The molecule has 8 heavy (non-hydrogen) atoms. The number of rotatable bonds is 2. The third kappa shape index (κ3) is 1.07. The minimum Gasteiger partial charge on any atom is -0.285 e. The van der Waals surface area contributed by atoms with Crippen LogP contribution in [-0.4, -0.2) is 16.7 Å². The summed E-state index contributed by atoms with van der Waals surface area (Å²) in [7, 11) is 0. The summed E-state index contributed by atoms with van der Waals surface area (Å²) in [5.74, 6) is 0. The van der Waals surface area contributed by atoms with E-state index in [0.29, 0.717) is 6.54 Å². The first-order valence-corrected chi connectivity index (χ1v) is 2.55. The highest BCUT2D eigenvalue weighted by Gasteiger charge is 1.87. The van der Waals surface area contributed by atoms with Gasteiger partial charge in [-0.15, -0.1) is 0 Å². The van der Waals surface area contributed by atoms with Gasteiger partial charge >= 0.3 is 0 Å². The summed E-state index contributed by atoms with van der Waals surface area (Å²) in [5.41, 5.74) is 7.95. The molecule has 0 saturated heterocycles. The van der Waals surface area contributed by atoms with E-state index in [1.54, 1.807) is 6.20 Å². The zero-order valence-electron chi connectivity index (χ0n) is 4.52. The summed E-state index contributed by atoms with van der Waals surface area (Å²) in [4.78, 5) is 0. The Morgan fingerprint density at radius 3 is 3.12 bits per heavy atom. The number of hydrogen-bond donors (Lipinski definition) is 1. The summed E-state index contributed by atoms with van der Waals surface area (Å²) in [6.45, 7) is 0.444. The van der Waals surface area contributed by atoms with Gasteiger partial charge in [-0.3, -0.25) is 10.8 Å². The van der Waals surface area contributed by atoms with Gasteiger partial charge in [0.15, 0.2) is 0 Å². The fourth-order valence-electron chi connectivity index (χ4n) is 0.559. The molecule has 0 aliphatic rings. The fraction of sp³-hybridized carbons (Fsp3) is 0.400. The highest BCUT2D eigenvalue weighted by atomic mass is 15.1. The van der Waals surface area contributed by atoms with Crippen molar-refractivity contribution < 1.29 is 0 Å². The molecule has 0 fully saturated rings. The summed E-state index contributed by atoms with van der Waals surface area (Å²) >= 11 is 0. The Morgan fingerprint density at radius 1 is 1.75 bits per heavy atom. The molecule has 0 atom stereocenters. The van der Waals surface area contributed by atoms with E-state index in [1.807, 2.05) is 6.20 Å². The van der Waals surface area contributed by atoms with Gasteiger partial charge in [-0.05, 0) is 12.0 Å². The lowest BCUT2D eigenvalue weighted by atomic mass is 10.3. The van der Waals surface area contributed by atoms with Gasteiger partial charge < -0.3 is 0 Å². The minimum absolute atomic E-state index is 0.444. The van der Waals surface area contributed by atoms with E-state index in [2.05, 4.69) is 10.2 Å². The summed E-state index contributed by atoms with van der Waals surface area (Å²) < 4.78 is 0. The number of aromatic amines is 1. The molecule has 1 rings (SSSR count). The molecular weight excluding hydrogens is 102 g/mol. The van der Waals surface area contributed by atoms with Gasteiger partial charge in [0.2, 0.25) is 0 Å². The van der Waals surface area contributed by atoms with Gasteiger partial charge in [-0.25, -0.2) is 0 Å². The van der Waals surface area contributed by atoms with E-state index >= 15 is 0 Å². The second kappa shape index (κ2) is 2.47. The molecule has 43 valence electrons. The Hall–Kier alpha value is -0.830. The van der Waals surface area contributed by atoms with Crippen LogP contribution in [0.25, 0.3) is 0 Å². The first-order valence-electron chi connectivity index (χ1n) is 2.55. The van der Waals surface area contributed by atoms with Crippen molar-refractivity contribution in [2.24, 2.45) is 0 Å². The number of nitrogens with one attached hydrogen (secondary N) is 2. The van der Waals surface area contributed by atoms with Crippen LogP contribution in [-0.2, 0) is 6.42 Å². The highest BCUT2D eigenvalue weighted by Crippen LogP contribution is 1.91. The molecular formula is C5H8N3. The van der Waals surface area contributed by atoms with Gasteiger partial charge in [0, 0.05) is 12.7 Å². The second-order valence-corrected chi connectivity index (χ2v) is 1.61. The smallest absolute Gasteiger partial charge is 0.0519 e. The van der Waals surface area contributed by atoms with Crippen LogP contribution in [0, 0.1) is 0 Å². The lowest BCUT2D eigenvalue weighted by Crippen LogP contribution is -1.88. The molecule has 1 aromatic rings. The van der Waals surface area contributed by atoms with Crippen molar-refractivity contribution in [2.45, 2.75) is 6.42 Å². The van der Waals surface area contributed by atoms with Gasteiger partial charge in [0.1, 0.15) is 0 Å². The molecule has 1 radical (unpaired) electrons. The Kier molecular flexibility index (Phi) is 1.64. The molecule has 1 heterocycles.